The van der Waals surface area contributed by atoms with E-state index < -0.39 is 156 Å². The zero-order chi connectivity index (χ0) is 71.2. The molecule has 24 nitrogen and oxygen atoms in total. The summed E-state index contributed by atoms with van der Waals surface area (Å²) in [6, 6.07) is 0. The molecule has 11 N–H and O–H groups in total. The van der Waals surface area contributed by atoms with Crippen molar-refractivity contribution in [3.63, 3.8) is 0 Å². The lowest BCUT2D eigenvalue weighted by Gasteiger charge is -2.49. The summed E-state index contributed by atoms with van der Waals surface area (Å²) in [6.07, 6.45) is 8.92. The highest BCUT2D eigenvalue weighted by atomic mass is 31.2. The Kier molecular flexibility index (Phi) is 49.4. The molecule has 0 spiro atoms. The second kappa shape index (κ2) is 53.7. The van der Waals surface area contributed by atoms with Gasteiger partial charge in [0.05, 0.1) is 13.2 Å². The van der Waals surface area contributed by atoms with Gasteiger partial charge in [-0.2, -0.15) is 0 Å². The van der Waals surface area contributed by atoms with Gasteiger partial charge >= 0.3 is 25.7 Å². The van der Waals surface area contributed by atoms with Crippen LogP contribution in [0, 0.1) is 5.92 Å². The Hall–Kier alpha value is -2.04. The molecular weight excluding hydrogens is 1280 g/mol. The number of ether oxygens (including phenoxy) is 7. The zero-order valence-corrected chi connectivity index (χ0v) is 60.7. The van der Waals surface area contributed by atoms with E-state index in [4.69, 9.17) is 42.2 Å². The van der Waals surface area contributed by atoms with E-state index in [2.05, 4.69) is 27.7 Å². The van der Waals surface area contributed by atoms with E-state index in [1.165, 1.54) is 141 Å². The minimum atomic E-state index is -5.69. The standard InChI is InChI=1S/C72H135O24P/c1-5-8-11-14-17-19-21-22-23-24-26-28-30-36-41-46-57(75)89-51-55-60(78)62(80)67(85)72(93-55)95-69-65(83)63(81)64(82)68(94-71-66(84)61(79)59(77)54(48-73)92-71)70(69)96-97(86,87)90-50-53(49-88-56(74)45-40-35-29-27-25-20-18-15-12-9-6-2)91-58(76)47-42-37-32-31-34-39-44-52(4)43-38-33-16-13-10-7-3/h52-55,59-73,77-85H,5-51H2,1-4H3,(H,86,87). The number of rotatable bonds is 59. The first kappa shape index (κ1) is 89.2. The van der Waals surface area contributed by atoms with Crippen LogP contribution in [0.5, 0.6) is 0 Å². The van der Waals surface area contributed by atoms with E-state index in [1.54, 1.807) is 0 Å². The number of aliphatic hydroxyl groups excluding tert-OH is 10. The molecule has 0 radical (unpaired) electrons. The number of hydrogen-bond donors (Lipinski definition) is 11. The highest BCUT2D eigenvalue weighted by Gasteiger charge is 2.58. The van der Waals surface area contributed by atoms with Gasteiger partial charge in [0.1, 0.15) is 98.7 Å². The molecule has 97 heavy (non-hydrogen) atoms. The smallest absolute Gasteiger partial charge is 0.463 e. The lowest BCUT2D eigenvalue weighted by Crippen LogP contribution is -2.69. The summed E-state index contributed by atoms with van der Waals surface area (Å²) >= 11 is 0. The van der Waals surface area contributed by atoms with Crippen LogP contribution in [0.25, 0.3) is 0 Å². The number of carbonyl (C=O) groups excluding carboxylic acids is 3. The first-order valence-corrected chi connectivity index (χ1v) is 39.7. The third-order valence-corrected chi connectivity index (χ3v) is 20.3. The van der Waals surface area contributed by atoms with Crippen molar-refractivity contribution in [3.8, 4) is 0 Å². The molecule has 2 saturated heterocycles. The fourth-order valence-corrected chi connectivity index (χ4v) is 13.9. The minimum absolute atomic E-state index is 0.0335. The van der Waals surface area contributed by atoms with Gasteiger partial charge in [-0.05, 0) is 25.2 Å². The molecule has 1 saturated carbocycles. The number of aliphatic hydroxyl groups is 10. The van der Waals surface area contributed by atoms with Crippen molar-refractivity contribution in [1.82, 2.24) is 0 Å². The van der Waals surface area contributed by atoms with Crippen molar-refractivity contribution in [2.24, 2.45) is 5.92 Å². The lowest BCUT2D eigenvalue weighted by atomic mass is 9.84. The van der Waals surface area contributed by atoms with Gasteiger partial charge in [0, 0.05) is 19.3 Å². The first-order chi connectivity index (χ1) is 46.7. The van der Waals surface area contributed by atoms with Crippen LogP contribution in [0.2, 0.25) is 0 Å². The Morgan fingerprint density at radius 3 is 1.11 bits per heavy atom. The fraction of sp³-hybridized carbons (Fsp3) is 0.958. The molecule has 3 fully saturated rings. The van der Waals surface area contributed by atoms with Gasteiger partial charge in [-0.25, -0.2) is 4.57 Å². The molecule has 2 aliphatic heterocycles. The summed E-state index contributed by atoms with van der Waals surface area (Å²) in [5.41, 5.74) is 0. The molecule has 0 aromatic heterocycles. The summed E-state index contributed by atoms with van der Waals surface area (Å²) in [5.74, 6) is -1.30. The number of esters is 3. The third-order valence-electron chi connectivity index (χ3n) is 19.3. The van der Waals surface area contributed by atoms with Gasteiger partial charge in [0.2, 0.25) is 0 Å². The zero-order valence-electron chi connectivity index (χ0n) is 59.8. The summed E-state index contributed by atoms with van der Waals surface area (Å²) in [6.45, 7) is 5.77. The van der Waals surface area contributed by atoms with E-state index in [9.17, 15) is 74.9 Å². The van der Waals surface area contributed by atoms with Crippen molar-refractivity contribution in [1.29, 1.82) is 0 Å². The summed E-state index contributed by atoms with van der Waals surface area (Å²) < 4.78 is 65.1. The van der Waals surface area contributed by atoms with Crippen molar-refractivity contribution in [2.75, 3.05) is 26.4 Å². The van der Waals surface area contributed by atoms with Gasteiger partial charge in [0.15, 0.2) is 18.7 Å². The number of carbonyl (C=O) groups is 3. The molecule has 0 amide bonds. The van der Waals surface area contributed by atoms with E-state index >= 15 is 0 Å². The maximum Gasteiger partial charge on any atom is 0.472 e. The Labute approximate surface area is 580 Å². The SMILES string of the molecule is CCCCCCCCCCCCCCCCCC(=O)OCC1OC(OC2C(O)C(O)C(O)C(OC3OC(CO)C(O)C(O)C3O)C2OP(=O)(O)OCC(COC(=O)CCCCCCCCCCCCC)OC(=O)CCCCCCCCC(C)CCCCCCCC)C(O)C(O)C1O. The Balaban J connectivity index is 1.73. The predicted octanol–water partition coefficient (Wildman–Crippen LogP) is 10.4. The molecule has 572 valence electrons. The van der Waals surface area contributed by atoms with Gasteiger partial charge in [-0.1, -0.05) is 265 Å². The molecule has 25 heteroatoms. The first-order valence-electron chi connectivity index (χ1n) is 38.2. The van der Waals surface area contributed by atoms with Crippen molar-refractivity contribution in [2.45, 2.75) is 408 Å². The monoisotopic (exact) mass is 1410 g/mol. The summed E-state index contributed by atoms with van der Waals surface area (Å²) in [5, 5.41) is 110. The topological polar surface area (TPSA) is 374 Å². The van der Waals surface area contributed by atoms with Crippen LogP contribution in [-0.4, -0.2) is 204 Å². The fourth-order valence-electron chi connectivity index (χ4n) is 12.9. The molecule has 0 aromatic carbocycles. The van der Waals surface area contributed by atoms with Crippen LogP contribution in [0.4, 0.5) is 0 Å². The average molecular weight is 1420 g/mol. The molecule has 0 bridgehead atoms. The van der Waals surface area contributed by atoms with Gasteiger partial charge in [-0.15, -0.1) is 0 Å². The normalized spacial score (nSPS) is 28.1. The third kappa shape index (κ3) is 37.3. The largest absolute Gasteiger partial charge is 0.472 e. The average Bonchev–Trinajstić information content (AvgIpc) is 0.769. The Morgan fingerprint density at radius 2 is 0.722 bits per heavy atom. The summed E-state index contributed by atoms with van der Waals surface area (Å²) in [7, 11) is -5.69. The van der Waals surface area contributed by atoms with E-state index in [-0.39, 0.29) is 19.3 Å². The Bertz CT molecular complexity index is 2030. The van der Waals surface area contributed by atoms with Crippen LogP contribution in [0.15, 0.2) is 0 Å². The van der Waals surface area contributed by atoms with Crippen LogP contribution in [-0.2, 0) is 61.2 Å². The van der Waals surface area contributed by atoms with E-state index in [0.717, 1.165) is 96.3 Å². The van der Waals surface area contributed by atoms with E-state index in [1.807, 2.05) is 0 Å². The molecule has 19 atom stereocenters. The van der Waals surface area contributed by atoms with Crippen LogP contribution in [0.3, 0.4) is 0 Å². The van der Waals surface area contributed by atoms with Crippen molar-refractivity contribution >= 4 is 25.7 Å². The second-order valence-corrected chi connectivity index (χ2v) is 29.4. The lowest BCUT2D eigenvalue weighted by molar-refractivity contribution is -0.360. The van der Waals surface area contributed by atoms with Crippen LogP contribution in [0.1, 0.15) is 304 Å². The molecule has 3 aliphatic rings. The predicted molar refractivity (Wildman–Crippen MR) is 365 cm³/mol. The minimum Gasteiger partial charge on any atom is -0.463 e. The number of phosphoric ester groups is 1. The van der Waals surface area contributed by atoms with Crippen LogP contribution >= 0.6 is 7.82 Å². The van der Waals surface area contributed by atoms with Crippen molar-refractivity contribution < 1.29 is 117 Å². The highest BCUT2D eigenvalue weighted by molar-refractivity contribution is 7.47. The maximum absolute atomic E-state index is 14.3. The molecule has 1 aliphatic carbocycles. The Morgan fingerprint density at radius 1 is 0.392 bits per heavy atom. The summed E-state index contributed by atoms with van der Waals surface area (Å²) in [4.78, 5) is 51.0. The quantitative estimate of drug-likeness (QED) is 0.0117. The number of hydrogen-bond acceptors (Lipinski definition) is 23. The van der Waals surface area contributed by atoms with Gasteiger partial charge in [0.25, 0.3) is 0 Å². The van der Waals surface area contributed by atoms with Crippen LogP contribution < -0.4 is 0 Å². The number of phosphoric acid groups is 1. The second-order valence-electron chi connectivity index (χ2n) is 28.0. The molecule has 3 rings (SSSR count). The molecular formula is C72H135O24P. The molecule has 0 aromatic rings. The molecule has 19 unspecified atom stereocenters. The van der Waals surface area contributed by atoms with E-state index in [0.29, 0.717) is 25.2 Å². The van der Waals surface area contributed by atoms with Gasteiger partial charge in [-0.3, -0.25) is 23.4 Å². The van der Waals surface area contributed by atoms with Gasteiger partial charge < -0.3 is 89.1 Å². The van der Waals surface area contributed by atoms with Crippen molar-refractivity contribution in [3.05, 3.63) is 0 Å². The highest BCUT2D eigenvalue weighted by Crippen LogP contribution is 2.49. The maximum atomic E-state index is 14.3. The molecule has 2 heterocycles. The number of unbranched alkanes of at least 4 members (excludes halogenated alkanes) is 34.